The first-order chi connectivity index (χ1) is 10.7. The Morgan fingerprint density at radius 3 is 2.55 bits per heavy atom. The van der Waals surface area contributed by atoms with Crippen LogP contribution in [0.3, 0.4) is 0 Å². The van der Waals surface area contributed by atoms with Crippen LogP contribution in [-0.4, -0.2) is 4.57 Å². The van der Waals surface area contributed by atoms with Crippen molar-refractivity contribution in [1.29, 1.82) is 0 Å². The molecule has 0 amide bonds. The second-order valence-corrected chi connectivity index (χ2v) is 5.81. The smallest absolute Gasteiger partial charge is 0.119 e. The molecular formula is C19H22N2O. The van der Waals surface area contributed by atoms with Crippen LogP contribution in [0.1, 0.15) is 31.0 Å². The summed E-state index contributed by atoms with van der Waals surface area (Å²) in [5.74, 6) is 0.895. The van der Waals surface area contributed by atoms with Crippen molar-refractivity contribution < 1.29 is 4.74 Å². The number of aromatic nitrogens is 1. The average Bonchev–Trinajstić information content (AvgIpc) is 2.92. The van der Waals surface area contributed by atoms with Gasteiger partial charge < -0.3 is 15.0 Å². The van der Waals surface area contributed by atoms with Crippen molar-refractivity contribution in [2.24, 2.45) is 5.73 Å². The van der Waals surface area contributed by atoms with Crippen LogP contribution in [0.25, 0.3) is 10.9 Å². The molecule has 0 saturated heterocycles. The number of ether oxygens (including phenoxy) is 1. The summed E-state index contributed by atoms with van der Waals surface area (Å²) in [5.41, 5.74) is 9.36. The van der Waals surface area contributed by atoms with Crippen molar-refractivity contribution in [2.75, 3.05) is 0 Å². The molecule has 1 aromatic heterocycles. The minimum absolute atomic E-state index is 0.404. The number of para-hydroxylation sites is 1. The van der Waals surface area contributed by atoms with E-state index >= 15 is 0 Å². The van der Waals surface area contributed by atoms with Crippen LogP contribution in [-0.2, 0) is 13.2 Å². The molecule has 0 saturated carbocycles. The fraction of sp³-hybridized carbons (Fsp3) is 0.263. The number of benzene rings is 2. The predicted octanol–water partition coefficient (Wildman–Crippen LogP) is 4.26. The first-order valence-electron chi connectivity index (χ1n) is 7.69. The molecule has 0 atom stereocenters. The van der Waals surface area contributed by atoms with E-state index in [9.17, 15) is 0 Å². The Kier molecular flexibility index (Phi) is 4.16. The van der Waals surface area contributed by atoms with Gasteiger partial charge in [0.15, 0.2) is 0 Å². The van der Waals surface area contributed by atoms with E-state index in [1.807, 2.05) is 30.3 Å². The zero-order chi connectivity index (χ0) is 15.5. The van der Waals surface area contributed by atoms with Crippen molar-refractivity contribution >= 4 is 10.9 Å². The highest BCUT2D eigenvalue weighted by Gasteiger charge is 2.11. The van der Waals surface area contributed by atoms with E-state index in [0.717, 1.165) is 11.3 Å². The molecule has 0 unspecified atom stereocenters. The largest absolute Gasteiger partial charge is 0.489 e. The maximum absolute atomic E-state index is 5.91. The fourth-order valence-corrected chi connectivity index (χ4v) is 2.72. The van der Waals surface area contributed by atoms with Gasteiger partial charge in [-0.1, -0.05) is 30.3 Å². The minimum atomic E-state index is 0.404. The molecule has 3 heteroatoms. The third-order valence-electron chi connectivity index (χ3n) is 3.91. The summed E-state index contributed by atoms with van der Waals surface area (Å²) in [4.78, 5) is 0. The number of hydrogen-bond acceptors (Lipinski definition) is 2. The van der Waals surface area contributed by atoms with Gasteiger partial charge in [-0.25, -0.2) is 0 Å². The second-order valence-electron chi connectivity index (χ2n) is 5.81. The molecule has 22 heavy (non-hydrogen) atoms. The maximum Gasteiger partial charge on any atom is 0.119 e. The summed E-state index contributed by atoms with van der Waals surface area (Å²) in [7, 11) is 0. The number of fused-ring (bicyclic) bond motifs is 1. The van der Waals surface area contributed by atoms with Crippen molar-refractivity contribution in [2.45, 2.75) is 33.0 Å². The lowest BCUT2D eigenvalue weighted by molar-refractivity contribution is 0.307. The van der Waals surface area contributed by atoms with Crippen LogP contribution in [0, 0.1) is 0 Å². The summed E-state index contributed by atoms with van der Waals surface area (Å²) >= 11 is 0. The van der Waals surface area contributed by atoms with Crippen LogP contribution in [0.5, 0.6) is 5.75 Å². The average molecular weight is 294 g/mol. The molecule has 0 aliphatic rings. The van der Waals surface area contributed by atoms with Gasteiger partial charge in [-0.3, -0.25) is 0 Å². The molecule has 1 heterocycles. The lowest BCUT2D eigenvalue weighted by Gasteiger charge is -2.09. The van der Waals surface area contributed by atoms with Crippen LogP contribution in [0.4, 0.5) is 0 Å². The first kappa shape index (κ1) is 14.7. The van der Waals surface area contributed by atoms with Crippen LogP contribution >= 0.6 is 0 Å². The molecule has 0 spiro atoms. The quantitative estimate of drug-likeness (QED) is 0.763. The molecule has 0 fully saturated rings. The molecule has 0 bridgehead atoms. The van der Waals surface area contributed by atoms with Gasteiger partial charge in [-0.15, -0.1) is 0 Å². The molecule has 0 radical (unpaired) electrons. The van der Waals surface area contributed by atoms with Gasteiger partial charge in [-0.2, -0.15) is 0 Å². The van der Waals surface area contributed by atoms with Crippen molar-refractivity contribution in [3.63, 3.8) is 0 Å². The van der Waals surface area contributed by atoms with Crippen molar-refractivity contribution in [3.05, 3.63) is 65.9 Å². The Morgan fingerprint density at radius 2 is 1.86 bits per heavy atom. The summed E-state index contributed by atoms with van der Waals surface area (Å²) in [6.07, 6.45) is 2.19. The monoisotopic (exact) mass is 294 g/mol. The molecule has 3 nitrogen and oxygen atoms in total. The Balaban J connectivity index is 1.95. The normalized spacial score (nSPS) is 11.3. The predicted molar refractivity (Wildman–Crippen MR) is 91.0 cm³/mol. The maximum atomic E-state index is 5.91. The Bertz CT molecular complexity index is 760. The lowest BCUT2D eigenvalue weighted by Crippen LogP contribution is -2.00. The van der Waals surface area contributed by atoms with E-state index in [1.165, 1.54) is 16.5 Å². The highest BCUT2D eigenvalue weighted by atomic mass is 16.5. The van der Waals surface area contributed by atoms with Crippen LogP contribution in [0.2, 0.25) is 0 Å². The number of nitrogens with two attached hydrogens (primary N) is 1. The summed E-state index contributed by atoms with van der Waals surface area (Å²) < 4.78 is 8.20. The van der Waals surface area contributed by atoms with E-state index in [1.54, 1.807) is 0 Å². The molecule has 2 N–H and O–H groups in total. The van der Waals surface area contributed by atoms with E-state index in [2.05, 4.69) is 42.8 Å². The van der Waals surface area contributed by atoms with Crippen LogP contribution < -0.4 is 10.5 Å². The second kappa shape index (κ2) is 6.24. The molecule has 114 valence electrons. The van der Waals surface area contributed by atoms with E-state index in [0.29, 0.717) is 19.2 Å². The zero-order valence-electron chi connectivity index (χ0n) is 13.1. The highest BCUT2D eigenvalue weighted by Crippen LogP contribution is 2.27. The molecule has 0 aliphatic carbocycles. The van der Waals surface area contributed by atoms with Gasteiger partial charge in [0.05, 0.1) is 0 Å². The first-order valence-corrected chi connectivity index (χ1v) is 7.69. The standard InChI is InChI=1S/C19H22N2O/c1-14(2)21-12-16(13-22-17-6-4-3-5-7-17)18-9-8-15(11-20)10-19(18)21/h3-10,12,14H,11,13,20H2,1-2H3. The van der Waals surface area contributed by atoms with E-state index in [-0.39, 0.29) is 0 Å². The van der Waals surface area contributed by atoms with Gasteiger partial charge in [0, 0.05) is 35.2 Å². The zero-order valence-corrected chi connectivity index (χ0v) is 13.1. The minimum Gasteiger partial charge on any atom is -0.489 e. The Hall–Kier alpha value is -2.26. The number of rotatable bonds is 5. The third kappa shape index (κ3) is 2.85. The fourth-order valence-electron chi connectivity index (χ4n) is 2.72. The Morgan fingerprint density at radius 1 is 1.09 bits per heavy atom. The van der Waals surface area contributed by atoms with E-state index < -0.39 is 0 Å². The van der Waals surface area contributed by atoms with E-state index in [4.69, 9.17) is 10.5 Å². The molecule has 3 rings (SSSR count). The molecule has 2 aromatic carbocycles. The number of hydrogen-bond donors (Lipinski definition) is 1. The summed E-state index contributed by atoms with van der Waals surface area (Å²) in [6, 6.07) is 16.8. The summed E-state index contributed by atoms with van der Waals surface area (Å²) in [5, 5.41) is 1.24. The molecule has 3 aromatic rings. The van der Waals surface area contributed by atoms with Gasteiger partial charge in [0.2, 0.25) is 0 Å². The van der Waals surface area contributed by atoms with Crippen molar-refractivity contribution in [3.8, 4) is 5.75 Å². The summed E-state index contributed by atoms with van der Waals surface area (Å²) in [6.45, 7) is 5.52. The lowest BCUT2D eigenvalue weighted by atomic mass is 10.1. The Labute approximate surface area is 131 Å². The topological polar surface area (TPSA) is 40.2 Å². The van der Waals surface area contributed by atoms with Gasteiger partial charge in [-0.05, 0) is 37.6 Å². The van der Waals surface area contributed by atoms with Gasteiger partial charge in [0.25, 0.3) is 0 Å². The van der Waals surface area contributed by atoms with Gasteiger partial charge in [0.1, 0.15) is 12.4 Å². The SMILES string of the molecule is CC(C)n1cc(COc2ccccc2)c2ccc(CN)cc21. The third-order valence-corrected chi connectivity index (χ3v) is 3.91. The van der Waals surface area contributed by atoms with Crippen molar-refractivity contribution in [1.82, 2.24) is 4.57 Å². The highest BCUT2D eigenvalue weighted by molar-refractivity contribution is 5.84. The molecular weight excluding hydrogens is 272 g/mol. The van der Waals surface area contributed by atoms with Crippen LogP contribution in [0.15, 0.2) is 54.7 Å². The van der Waals surface area contributed by atoms with Gasteiger partial charge >= 0.3 is 0 Å². The number of nitrogens with zero attached hydrogens (tertiary/aromatic N) is 1. The molecule has 0 aliphatic heterocycles.